The second kappa shape index (κ2) is 5.69. The van der Waals surface area contributed by atoms with Crippen LogP contribution in [-0.4, -0.2) is 30.5 Å². The summed E-state index contributed by atoms with van der Waals surface area (Å²) in [7, 11) is 3.44. The molecule has 4 heteroatoms. The van der Waals surface area contributed by atoms with Crippen molar-refractivity contribution in [1.29, 1.82) is 0 Å². The fourth-order valence-corrected chi connectivity index (χ4v) is 1.60. The lowest BCUT2D eigenvalue weighted by molar-refractivity contribution is 0.170. The number of methoxy groups -OCH3 is 1. The molecule has 0 unspecified atom stereocenters. The van der Waals surface area contributed by atoms with Gasteiger partial charge in [-0.05, 0) is 38.6 Å². The molecule has 0 aliphatic carbocycles. The van der Waals surface area contributed by atoms with E-state index in [0.717, 1.165) is 5.56 Å². The van der Waals surface area contributed by atoms with E-state index in [1.54, 1.807) is 6.07 Å². The first kappa shape index (κ1) is 14.3. The highest BCUT2D eigenvalue weighted by Gasteiger charge is 2.22. The molecule has 0 radical (unpaired) electrons. The normalized spacial score (nSPS) is 11.9. The van der Waals surface area contributed by atoms with E-state index < -0.39 is 0 Å². The van der Waals surface area contributed by atoms with Crippen LogP contribution in [0.25, 0.3) is 0 Å². The Bertz CT molecular complexity index is 382. The molecule has 96 valence electrons. The van der Waals surface area contributed by atoms with Crippen molar-refractivity contribution in [2.24, 2.45) is 0 Å². The molecule has 0 amide bonds. The van der Waals surface area contributed by atoms with Crippen LogP contribution in [0.3, 0.4) is 0 Å². The van der Waals surface area contributed by atoms with Crippen LogP contribution in [0.4, 0.5) is 4.39 Å². The Balaban J connectivity index is 2.79. The molecule has 0 fully saturated rings. The van der Waals surface area contributed by atoms with Crippen LogP contribution >= 0.6 is 11.6 Å². The standard InChI is InChI=1S/C13H19ClFNO/c1-13(2,9-14)16(3)8-10-5-6-12(17-4)11(15)7-10/h5-7H,8-9H2,1-4H3. The number of alkyl halides is 1. The lowest BCUT2D eigenvalue weighted by Crippen LogP contribution is -2.42. The number of benzene rings is 1. The van der Waals surface area contributed by atoms with Crippen LogP contribution in [-0.2, 0) is 6.54 Å². The summed E-state index contributed by atoms with van der Waals surface area (Å²) in [6.07, 6.45) is 0. The van der Waals surface area contributed by atoms with E-state index in [4.69, 9.17) is 16.3 Å². The third-order valence-electron chi connectivity index (χ3n) is 3.00. The van der Waals surface area contributed by atoms with Gasteiger partial charge in [-0.1, -0.05) is 6.07 Å². The van der Waals surface area contributed by atoms with Gasteiger partial charge in [-0.3, -0.25) is 4.90 Å². The van der Waals surface area contributed by atoms with Crippen LogP contribution in [0.2, 0.25) is 0 Å². The largest absolute Gasteiger partial charge is 0.494 e. The van der Waals surface area contributed by atoms with Gasteiger partial charge in [0.1, 0.15) is 0 Å². The van der Waals surface area contributed by atoms with Crippen LogP contribution in [0.5, 0.6) is 5.75 Å². The average Bonchev–Trinajstić information content (AvgIpc) is 2.29. The Morgan fingerprint density at radius 3 is 2.53 bits per heavy atom. The van der Waals surface area contributed by atoms with Crippen molar-refractivity contribution in [3.8, 4) is 5.75 Å². The first-order chi connectivity index (χ1) is 7.90. The quantitative estimate of drug-likeness (QED) is 0.753. The second-order valence-corrected chi connectivity index (χ2v) is 5.04. The molecule has 1 aromatic carbocycles. The summed E-state index contributed by atoms with van der Waals surface area (Å²) in [5, 5.41) is 0. The van der Waals surface area contributed by atoms with Gasteiger partial charge in [0.05, 0.1) is 7.11 Å². The Kier molecular flexibility index (Phi) is 4.78. The zero-order valence-corrected chi connectivity index (χ0v) is 11.5. The first-order valence-electron chi connectivity index (χ1n) is 5.50. The topological polar surface area (TPSA) is 12.5 Å². The zero-order chi connectivity index (χ0) is 13.1. The fourth-order valence-electron chi connectivity index (χ4n) is 1.40. The molecule has 0 saturated carbocycles. The minimum atomic E-state index is -0.331. The monoisotopic (exact) mass is 259 g/mol. The summed E-state index contributed by atoms with van der Waals surface area (Å²) in [5.41, 5.74) is 0.793. The molecular formula is C13H19ClFNO. The number of nitrogens with zero attached hydrogens (tertiary/aromatic N) is 1. The van der Waals surface area contributed by atoms with Gasteiger partial charge in [0, 0.05) is 18.0 Å². The molecule has 0 heterocycles. The molecule has 0 aromatic heterocycles. The van der Waals surface area contributed by atoms with Gasteiger partial charge >= 0.3 is 0 Å². The molecule has 0 aliphatic rings. The highest BCUT2D eigenvalue weighted by molar-refractivity contribution is 6.18. The van der Waals surface area contributed by atoms with Gasteiger partial charge < -0.3 is 4.74 Å². The van der Waals surface area contributed by atoms with E-state index in [-0.39, 0.29) is 17.1 Å². The Hall–Kier alpha value is -0.800. The van der Waals surface area contributed by atoms with E-state index in [1.165, 1.54) is 13.2 Å². The minimum Gasteiger partial charge on any atom is -0.494 e. The Morgan fingerprint density at radius 1 is 1.41 bits per heavy atom. The summed E-state index contributed by atoms with van der Waals surface area (Å²) in [6, 6.07) is 5.01. The molecule has 0 atom stereocenters. The van der Waals surface area contributed by atoms with Crippen LogP contribution in [0.1, 0.15) is 19.4 Å². The molecular weight excluding hydrogens is 241 g/mol. The van der Waals surface area contributed by atoms with E-state index in [9.17, 15) is 4.39 Å². The lowest BCUT2D eigenvalue weighted by Gasteiger charge is -2.33. The lowest BCUT2D eigenvalue weighted by atomic mass is 10.1. The number of hydrogen-bond acceptors (Lipinski definition) is 2. The summed E-state index contributed by atoms with van der Waals surface area (Å²) in [4.78, 5) is 2.10. The fraction of sp³-hybridized carbons (Fsp3) is 0.538. The van der Waals surface area contributed by atoms with E-state index >= 15 is 0 Å². The van der Waals surface area contributed by atoms with Crippen molar-refractivity contribution in [2.75, 3.05) is 20.0 Å². The SMILES string of the molecule is COc1ccc(CN(C)C(C)(C)CCl)cc1F. The molecule has 1 aromatic rings. The van der Waals surface area contributed by atoms with Gasteiger partial charge in [0.15, 0.2) is 11.6 Å². The minimum absolute atomic E-state index is 0.113. The predicted octanol–water partition coefficient (Wildman–Crippen LogP) is 3.28. The van der Waals surface area contributed by atoms with Crippen molar-refractivity contribution >= 4 is 11.6 Å². The number of halogens is 2. The van der Waals surface area contributed by atoms with Gasteiger partial charge in [-0.2, -0.15) is 0 Å². The maximum atomic E-state index is 13.5. The molecule has 0 spiro atoms. The number of hydrogen-bond donors (Lipinski definition) is 0. The maximum Gasteiger partial charge on any atom is 0.165 e. The molecule has 0 N–H and O–H groups in total. The van der Waals surface area contributed by atoms with Crippen LogP contribution < -0.4 is 4.74 Å². The summed E-state index contributed by atoms with van der Waals surface area (Å²) >= 11 is 5.90. The van der Waals surface area contributed by atoms with Gasteiger partial charge in [0.2, 0.25) is 0 Å². The molecule has 17 heavy (non-hydrogen) atoms. The van der Waals surface area contributed by atoms with Crippen molar-refractivity contribution in [3.63, 3.8) is 0 Å². The highest BCUT2D eigenvalue weighted by atomic mass is 35.5. The highest BCUT2D eigenvalue weighted by Crippen LogP contribution is 2.21. The summed E-state index contributed by atoms with van der Waals surface area (Å²) < 4.78 is 18.4. The van der Waals surface area contributed by atoms with Crippen molar-refractivity contribution in [3.05, 3.63) is 29.6 Å². The molecule has 0 aliphatic heterocycles. The zero-order valence-electron chi connectivity index (χ0n) is 10.8. The smallest absolute Gasteiger partial charge is 0.165 e. The summed E-state index contributed by atoms with van der Waals surface area (Å²) in [5.74, 6) is 0.470. The maximum absolute atomic E-state index is 13.5. The van der Waals surface area contributed by atoms with E-state index in [1.807, 2.05) is 13.1 Å². The third kappa shape index (κ3) is 3.58. The summed E-state index contributed by atoms with van der Waals surface area (Å²) in [6.45, 7) is 4.76. The number of ether oxygens (including phenoxy) is 1. The molecule has 0 bridgehead atoms. The van der Waals surface area contributed by atoms with E-state index in [2.05, 4.69) is 18.7 Å². The van der Waals surface area contributed by atoms with Crippen molar-refractivity contribution < 1.29 is 9.13 Å². The molecule has 1 rings (SSSR count). The van der Waals surface area contributed by atoms with Crippen molar-refractivity contribution in [1.82, 2.24) is 4.90 Å². The predicted molar refractivity (Wildman–Crippen MR) is 69.2 cm³/mol. The third-order valence-corrected chi connectivity index (χ3v) is 3.65. The average molecular weight is 260 g/mol. The Morgan fingerprint density at radius 2 is 2.06 bits per heavy atom. The van der Waals surface area contributed by atoms with Gasteiger partial charge in [0.25, 0.3) is 0 Å². The van der Waals surface area contributed by atoms with Gasteiger partial charge in [-0.15, -0.1) is 11.6 Å². The molecule has 2 nitrogen and oxygen atoms in total. The second-order valence-electron chi connectivity index (χ2n) is 4.77. The van der Waals surface area contributed by atoms with Gasteiger partial charge in [-0.25, -0.2) is 4.39 Å². The Labute approximate surface area is 107 Å². The number of rotatable bonds is 5. The van der Waals surface area contributed by atoms with E-state index in [0.29, 0.717) is 12.4 Å². The first-order valence-corrected chi connectivity index (χ1v) is 6.04. The van der Waals surface area contributed by atoms with Crippen molar-refractivity contribution in [2.45, 2.75) is 25.9 Å². The molecule has 0 saturated heterocycles. The van der Waals surface area contributed by atoms with Crippen LogP contribution in [0, 0.1) is 5.82 Å². The van der Waals surface area contributed by atoms with Crippen LogP contribution in [0.15, 0.2) is 18.2 Å².